The van der Waals surface area contributed by atoms with Gasteiger partial charge in [0.15, 0.2) is 0 Å². The Hall–Kier alpha value is -2.86. The zero-order valence-electron chi connectivity index (χ0n) is 25.8. The molecule has 4 saturated heterocycles. The van der Waals surface area contributed by atoms with Crippen molar-refractivity contribution in [3.05, 3.63) is 49.6 Å². The van der Waals surface area contributed by atoms with E-state index in [-0.39, 0.29) is 36.1 Å². The van der Waals surface area contributed by atoms with Crippen LogP contribution in [0, 0.1) is 11.8 Å². The highest BCUT2D eigenvalue weighted by atomic mass is 32.2. The number of amides is 3. The van der Waals surface area contributed by atoms with E-state index in [2.05, 4.69) is 18.1 Å². The van der Waals surface area contributed by atoms with Crippen LogP contribution in [0.5, 0.6) is 5.75 Å². The van der Waals surface area contributed by atoms with Gasteiger partial charge in [-0.3, -0.25) is 19.3 Å². The molecule has 4 aliphatic heterocycles. The molecule has 10 nitrogen and oxygen atoms in total. The maximum Gasteiger partial charge on any atom is 0.247 e. The van der Waals surface area contributed by atoms with Gasteiger partial charge in [0, 0.05) is 63.4 Å². The van der Waals surface area contributed by atoms with Gasteiger partial charge >= 0.3 is 0 Å². The average Bonchev–Trinajstić information content (AvgIpc) is 3.68. The molecule has 0 radical (unpaired) electrons. The largest absolute Gasteiger partial charge is 0.494 e. The molecule has 5 atom stereocenters. The van der Waals surface area contributed by atoms with Crippen molar-refractivity contribution in [2.24, 2.45) is 11.8 Å². The van der Waals surface area contributed by atoms with E-state index in [9.17, 15) is 19.5 Å². The number of rotatable bonds is 15. The molecule has 2 unspecified atom stereocenters. The first-order chi connectivity index (χ1) is 21.4. The fraction of sp³-hybridized carbons (Fsp3) is 0.606. The lowest BCUT2D eigenvalue weighted by molar-refractivity contribution is -0.143. The summed E-state index contributed by atoms with van der Waals surface area (Å²) in [6.45, 7) is 15.4. The number of thioether (sulfide) groups is 1. The van der Waals surface area contributed by atoms with Crippen LogP contribution in [-0.4, -0.2) is 126 Å². The topological polar surface area (TPSA) is 103 Å². The van der Waals surface area contributed by atoms with Gasteiger partial charge in [0.1, 0.15) is 11.8 Å². The third-order valence-corrected chi connectivity index (χ3v) is 11.3. The molecule has 1 aromatic carbocycles. The Morgan fingerprint density at radius 2 is 1.86 bits per heavy atom. The summed E-state index contributed by atoms with van der Waals surface area (Å²) < 4.78 is 10.4. The van der Waals surface area contributed by atoms with Crippen LogP contribution in [0.25, 0.3) is 0 Å². The van der Waals surface area contributed by atoms with Crippen molar-refractivity contribution >= 4 is 35.2 Å². The smallest absolute Gasteiger partial charge is 0.247 e. The molecule has 2 bridgehead atoms. The van der Waals surface area contributed by atoms with Gasteiger partial charge in [-0.25, -0.2) is 0 Å². The summed E-state index contributed by atoms with van der Waals surface area (Å²) >= 11 is 1.67. The number of aliphatic hydroxyl groups excluding tert-OH is 1. The third kappa shape index (κ3) is 6.16. The molecule has 1 N–H and O–H groups in total. The van der Waals surface area contributed by atoms with Crippen LogP contribution < -0.4 is 9.64 Å². The van der Waals surface area contributed by atoms with E-state index in [4.69, 9.17) is 9.47 Å². The molecular formula is C33H46N4O6S. The first-order valence-electron chi connectivity index (χ1n) is 15.8. The number of fused-ring (bicyclic) bond motifs is 1. The summed E-state index contributed by atoms with van der Waals surface area (Å²) in [5.41, 5.74) is 0.718. The van der Waals surface area contributed by atoms with E-state index in [1.54, 1.807) is 33.7 Å². The lowest BCUT2D eigenvalue weighted by Crippen LogP contribution is -2.56. The molecule has 44 heavy (non-hydrogen) atoms. The number of benzene rings is 1. The van der Waals surface area contributed by atoms with Gasteiger partial charge in [-0.05, 0) is 50.5 Å². The predicted octanol–water partition coefficient (Wildman–Crippen LogP) is 2.42. The fourth-order valence-corrected chi connectivity index (χ4v) is 9.63. The Bertz CT molecular complexity index is 1210. The fourth-order valence-electron chi connectivity index (χ4n) is 7.42. The number of carbonyl (C=O) groups excluding carboxylic acids is 3. The Labute approximate surface area is 265 Å². The number of aliphatic hydroxyl groups is 1. The predicted molar refractivity (Wildman–Crippen MR) is 172 cm³/mol. The highest BCUT2D eigenvalue weighted by molar-refractivity contribution is 8.02. The molecule has 4 heterocycles. The van der Waals surface area contributed by atoms with Crippen molar-refractivity contribution in [2.75, 3.05) is 77.1 Å². The van der Waals surface area contributed by atoms with E-state index in [1.807, 2.05) is 36.1 Å². The minimum Gasteiger partial charge on any atom is -0.494 e. The number of likely N-dealkylation sites (tertiary alicyclic amines) is 1. The van der Waals surface area contributed by atoms with E-state index in [0.29, 0.717) is 58.8 Å². The molecule has 4 fully saturated rings. The number of anilines is 1. The molecular weight excluding hydrogens is 580 g/mol. The van der Waals surface area contributed by atoms with E-state index >= 15 is 0 Å². The summed E-state index contributed by atoms with van der Waals surface area (Å²) in [5, 5.41) is 9.64. The number of nitrogens with zero attached hydrogens (tertiary/aromatic N) is 4. The highest BCUT2D eigenvalue weighted by Gasteiger charge is 2.74. The maximum atomic E-state index is 14.5. The summed E-state index contributed by atoms with van der Waals surface area (Å²) in [6.07, 6.45) is 5.27. The Morgan fingerprint density at radius 3 is 2.52 bits per heavy atom. The second kappa shape index (κ2) is 14.5. The molecule has 0 saturated carbocycles. The number of ether oxygens (including phenoxy) is 2. The van der Waals surface area contributed by atoms with E-state index < -0.39 is 22.6 Å². The summed E-state index contributed by atoms with van der Waals surface area (Å²) in [4.78, 5) is 50.8. The van der Waals surface area contributed by atoms with E-state index in [1.165, 1.54) is 0 Å². The maximum absolute atomic E-state index is 14.5. The summed E-state index contributed by atoms with van der Waals surface area (Å²) in [5.74, 6) is -0.794. The van der Waals surface area contributed by atoms with Gasteiger partial charge in [0.05, 0.1) is 36.4 Å². The van der Waals surface area contributed by atoms with Crippen LogP contribution in [0.1, 0.15) is 26.2 Å². The molecule has 3 amide bonds. The van der Waals surface area contributed by atoms with Gasteiger partial charge in [0.2, 0.25) is 17.7 Å². The summed E-state index contributed by atoms with van der Waals surface area (Å²) in [6, 6.07) is 6.72. The lowest BCUT2D eigenvalue weighted by Gasteiger charge is -2.38. The van der Waals surface area contributed by atoms with Gasteiger partial charge in [0.25, 0.3) is 0 Å². The minimum absolute atomic E-state index is 0.0528. The second-order valence-electron chi connectivity index (χ2n) is 11.9. The van der Waals surface area contributed by atoms with Gasteiger partial charge in [-0.15, -0.1) is 24.9 Å². The van der Waals surface area contributed by atoms with Crippen LogP contribution in [0.4, 0.5) is 5.69 Å². The van der Waals surface area contributed by atoms with Crippen LogP contribution >= 0.6 is 11.8 Å². The highest BCUT2D eigenvalue weighted by Crippen LogP contribution is 2.66. The van der Waals surface area contributed by atoms with Crippen LogP contribution in [-0.2, 0) is 19.1 Å². The first-order valence-corrected chi connectivity index (χ1v) is 16.7. The molecule has 5 rings (SSSR count). The SMILES string of the molecule is C=CCN(CCN1CCOCC1)C(=O)C1N(CCCO)C(=O)[C@@H]2[C@H](C(=O)N(CC=C)c3ccc(OCC)cc3)[C@@H]3CCC12S3. The Balaban J connectivity index is 1.44. The summed E-state index contributed by atoms with van der Waals surface area (Å²) in [7, 11) is 0. The molecule has 0 aliphatic carbocycles. The van der Waals surface area contributed by atoms with Gasteiger partial charge < -0.3 is 29.3 Å². The molecule has 1 spiro atoms. The van der Waals surface area contributed by atoms with Crippen LogP contribution in [0.3, 0.4) is 0 Å². The van der Waals surface area contributed by atoms with Crippen molar-refractivity contribution in [1.29, 1.82) is 0 Å². The van der Waals surface area contributed by atoms with Crippen molar-refractivity contribution in [2.45, 2.75) is 42.2 Å². The van der Waals surface area contributed by atoms with Crippen LogP contribution in [0.2, 0.25) is 0 Å². The quantitative estimate of drug-likeness (QED) is 0.296. The van der Waals surface area contributed by atoms with Crippen molar-refractivity contribution in [1.82, 2.24) is 14.7 Å². The zero-order chi connectivity index (χ0) is 31.3. The minimum atomic E-state index is -0.692. The van der Waals surface area contributed by atoms with Crippen LogP contribution in [0.15, 0.2) is 49.6 Å². The monoisotopic (exact) mass is 626 g/mol. The standard InChI is InChI=1S/C33H46N4O6S/c1-4-14-35(18-17-34-19-22-42-23-20-34)32(41)29-33-13-12-26(44-33)27(28(33)31(40)37(29)16-7-21-38)30(39)36(15-5-2)24-8-10-25(11-9-24)43-6-3/h4-5,8-11,26-29,38H,1-2,6-7,12-23H2,3H3/t26-,27+,28-,29?,33?/m0/s1. The van der Waals surface area contributed by atoms with Gasteiger partial charge in [-0.1, -0.05) is 12.2 Å². The van der Waals surface area contributed by atoms with Crippen molar-refractivity contribution in [3.63, 3.8) is 0 Å². The number of hydrogen-bond acceptors (Lipinski definition) is 8. The first kappa shape index (κ1) is 32.5. The third-order valence-electron chi connectivity index (χ3n) is 9.36. The normalized spacial score (nSPS) is 27.7. The van der Waals surface area contributed by atoms with Crippen molar-refractivity contribution in [3.8, 4) is 5.75 Å². The van der Waals surface area contributed by atoms with Gasteiger partial charge in [-0.2, -0.15) is 0 Å². The number of carbonyl (C=O) groups is 3. The molecule has 240 valence electrons. The van der Waals surface area contributed by atoms with E-state index in [0.717, 1.165) is 30.9 Å². The molecule has 1 aromatic rings. The molecule has 11 heteroatoms. The number of hydrogen-bond donors (Lipinski definition) is 1. The lowest BCUT2D eigenvalue weighted by atomic mass is 9.70. The Kier molecular flexibility index (Phi) is 10.7. The second-order valence-corrected chi connectivity index (χ2v) is 13.5. The zero-order valence-corrected chi connectivity index (χ0v) is 26.6. The van der Waals surface area contributed by atoms with Crippen molar-refractivity contribution < 1.29 is 29.0 Å². The Morgan fingerprint density at radius 1 is 1.14 bits per heavy atom. The molecule has 0 aromatic heterocycles. The average molecular weight is 627 g/mol. The molecule has 4 aliphatic rings. The number of morpholine rings is 1.